The maximum absolute atomic E-state index is 15.2. The number of aliphatic hydroxyl groups is 1. The number of anilines is 1. The molecule has 1 aromatic heterocycles. The second kappa shape index (κ2) is 15.2. The minimum atomic E-state index is -3.48. The molecule has 54 heavy (non-hydrogen) atoms. The number of aryl methyl sites for hydroxylation is 1. The SMILES string of the molecule is CCc1nccn1CC(c1cccc(F)c1)(C1CCN(CC2(OC)CN(c3ccc(S(=O)(=O)[C@H]4C[C@@](C)(O)C4)cc3)C2)CC1)[C@H]1CCC[C@@H]1NC(=O)OC. The molecule has 4 aliphatic rings. The number of carbonyl (C=O) groups is 1. The molecule has 4 fully saturated rings. The number of sulfone groups is 1. The Morgan fingerprint density at radius 1 is 1.07 bits per heavy atom. The molecular weight excluding hydrogens is 710 g/mol. The van der Waals surface area contributed by atoms with Gasteiger partial charge < -0.3 is 34.3 Å². The molecule has 0 spiro atoms. The van der Waals surface area contributed by atoms with Crippen LogP contribution in [0.5, 0.6) is 0 Å². The van der Waals surface area contributed by atoms with Gasteiger partial charge in [-0.2, -0.15) is 0 Å². The number of amides is 1. The highest BCUT2D eigenvalue weighted by atomic mass is 32.2. The zero-order chi connectivity index (χ0) is 38.3. The lowest BCUT2D eigenvalue weighted by Gasteiger charge is -2.54. The minimum Gasteiger partial charge on any atom is -0.453 e. The molecule has 0 radical (unpaired) electrons. The fourth-order valence-electron chi connectivity index (χ4n) is 10.2. The van der Waals surface area contributed by atoms with E-state index in [1.54, 1.807) is 32.2 Å². The van der Waals surface area contributed by atoms with Crippen LogP contribution < -0.4 is 10.2 Å². The standard InChI is InChI=1S/C41H56FN5O6S/c1-5-37-43-18-21-46(37)28-41(30-8-6-9-31(42)22-30,35-10-7-11-36(35)44-38(48)52-3)29-16-19-45(20-17-29)25-40(53-4)26-47(27-40)32-12-14-33(15-13-32)54(50,51)34-23-39(2,49)24-34/h6,8-9,12-15,18,21-22,29,34-36,49H,5,7,10-11,16-17,19-20,23-28H2,1-4H3,(H,44,48)/t34-,35-,36-,39+,41?/m0/s1. The number of ether oxygens (including phenoxy) is 2. The van der Waals surface area contributed by atoms with Gasteiger partial charge in [-0.05, 0) is 112 Å². The molecule has 3 heterocycles. The van der Waals surface area contributed by atoms with Crippen LogP contribution in [0.2, 0.25) is 0 Å². The number of hydrogen-bond donors (Lipinski definition) is 2. The highest BCUT2D eigenvalue weighted by molar-refractivity contribution is 7.92. The molecule has 7 rings (SSSR count). The molecule has 13 heteroatoms. The van der Waals surface area contributed by atoms with Crippen LogP contribution in [0.15, 0.2) is 65.8 Å². The second-order valence-electron chi connectivity index (χ2n) is 16.5. The van der Waals surface area contributed by atoms with Gasteiger partial charge in [-0.1, -0.05) is 25.5 Å². The Hall–Kier alpha value is -3.52. The van der Waals surface area contributed by atoms with E-state index in [2.05, 4.69) is 37.7 Å². The number of aromatic nitrogens is 2. The first-order chi connectivity index (χ1) is 25.8. The van der Waals surface area contributed by atoms with E-state index in [1.807, 2.05) is 30.6 Å². The summed E-state index contributed by atoms with van der Waals surface area (Å²) >= 11 is 0. The van der Waals surface area contributed by atoms with Crippen LogP contribution in [0.3, 0.4) is 0 Å². The maximum atomic E-state index is 15.2. The van der Waals surface area contributed by atoms with E-state index in [1.165, 1.54) is 13.2 Å². The quantitative estimate of drug-likeness (QED) is 0.237. The molecule has 2 N–H and O–H groups in total. The average molecular weight is 766 g/mol. The minimum absolute atomic E-state index is 0.0672. The van der Waals surface area contributed by atoms with E-state index in [0.717, 1.165) is 75.2 Å². The van der Waals surface area contributed by atoms with Gasteiger partial charge in [-0.25, -0.2) is 22.6 Å². The molecule has 294 valence electrons. The van der Waals surface area contributed by atoms with Gasteiger partial charge >= 0.3 is 6.09 Å². The number of imidazole rings is 1. The molecule has 1 unspecified atom stereocenters. The molecule has 11 nitrogen and oxygen atoms in total. The van der Waals surface area contributed by atoms with E-state index >= 15 is 4.39 Å². The molecular formula is C41H56FN5O6S. The van der Waals surface area contributed by atoms with Gasteiger partial charge in [-0.15, -0.1) is 0 Å². The van der Waals surface area contributed by atoms with Crippen molar-refractivity contribution in [1.29, 1.82) is 0 Å². The lowest BCUT2D eigenvalue weighted by atomic mass is 9.58. The lowest BCUT2D eigenvalue weighted by molar-refractivity contribution is -0.0647. The van der Waals surface area contributed by atoms with Crippen molar-refractivity contribution >= 4 is 21.6 Å². The van der Waals surface area contributed by atoms with Gasteiger partial charge in [0.1, 0.15) is 17.2 Å². The van der Waals surface area contributed by atoms with Crippen molar-refractivity contribution in [3.8, 4) is 0 Å². The van der Waals surface area contributed by atoms with Crippen molar-refractivity contribution in [2.24, 2.45) is 11.8 Å². The van der Waals surface area contributed by atoms with Crippen LogP contribution >= 0.6 is 0 Å². The number of piperidine rings is 1. The number of nitrogens with one attached hydrogen (secondary N) is 1. The van der Waals surface area contributed by atoms with Crippen LogP contribution in [0.25, 0.3) is 0 Å². The Morgan fingerprint density at radius 2 is 1.80 bits per heavy atom. The van der Waals surface area contributed by atoms with Gasteiger partial charge in [0.2, 0.25) is 0 Å². The zero-order valence-electron chi connectivity index (χ0n) is 32.0. The third kappa shape index (κ3) is 7.41. The third-order valence-corrected chi connectivity index (χ3v) is 15.2. The molecule has 1 amide bonds. The number of halogens is 1. The summed E-state index contributed by atoms with van der Waals surface area (Å²) in [6.07, 6.45) is 9.30. The molecule has 2 aromatic carbocycles. The van der Waals surface area contributed by atoms with Gasteiger partial charge in [0.05, 0.1) is 35.9 Å². The predicted octanol–water partition coefficient (Wildman–Crippen LogP) is 5.35. The summed E-state index contributed by atoms with van der Waals surface area (Å²) in [4.78, 5) is 22.3. The summed E-state index contributed by atoms with van der Waals surface area (Å²) in [7, 11) is -0.309. The van der Waals surface area contributed by atoms with Crippen LogP contribution in [-0.2, 0) is 37.7 Å². The monoisotopic (exact) mass is 765 g/mol. The summed E-state index contributed by atoms with van der Waals surface area (Å²) < 4.78 is 54.9. The van der Waals surface area contributed by atoms with Crippen molar-refractivity contribution in [3.63, 3.8) is 0 Å². The van der Waals surface area contributed by atoms with E-state index in [9.17, 15) is 18.3 Å². The molecule has 2 aliphatic heterocycles. The predicted molar refractivity (Wildman–Crippen MR) is 205 cm³/mol. The van der Waals surface area contributed by atoms with Crippen molar-refractivity contribution < 1.29 is 32.2 Å². The van der Waals surface area contributed by atoms with E-state index in [4.69, 9.17) is 9.47 Å². The van der Waals surface area contributed by atoms with Gasteiger partial charge in [0.15, 0.2) is 9.84 Å². The molecule has 0 bridgehead atoms. The molecule has 2 saturated heterocycles. The maximum Gasteiger partial charge on any atom is 0.407 e. The van der Waals surface area contributed by atoms with Crippen LogP contribution in [0, 0.1) is 17.7 Å². The first kappa shape index (κ1) is 38.7. The normalized spacial score (nSPS) is 27.1. The highest BCUT2D eigenvalue weighted by Crippen LogP contribution is 2.52. The average Bonchev–Trinajstić information content (AvgIpc) is 3.80. The van der Waals surface area contributed by atoms with E-state index in [-0.39, 0.29) is 42.1 Å². The number of carbonyl (C=O) groups excluding carboxylic acids is 1. The summed E-state index contributed by atoms with van der Waals surface area (Å²) in [5, 5.41) is 12.7. The number of likely N-dealkylation sites (tertiary alicyclic amines) is 1. The fraction of sp³-hybridized carbons (Fsp3) is 0.610. The summed E-state index contributed by atoms with van der Waals surface area (Å²) in [6, 6.07) is 14.1. The Balaban J connectivity index is 1.08. The van der Waals surface area contributed by atoms with Gasteiger partial charge in [0.25, 0.3) is 0 Å². The largest absolute Gasteiger partial charge is 0.453 e. The Labute approximate surface area is 319 Å². The van der Waals surface area contributed by atoms with Crippen molar-refractivity contribution in [1.82, 2.24) is 19.8 Å². The van der Waals surface area contributed by atoms with Crippen LogP contribution in [0.1, 0.15) is 70.2 Å². The van der Waals surface area contributed by atoms with Gasteiger partial charge in [-0.3, -0.25) is 0 Å². The van der Waals surface area contributed by atoms with E-state index < -0.39 is 32.2 Å². The van der Waals surface area contributed by atoms with Crippen LogP contribution in [0.4, 0.5) is 14.9 Å². The van der Waals surface area contributed by atoms with E-state index in [0.29, 0.717) is 24.5 Å². The molecule has 2 saturated carbocycles. The number of benzene rings is 2. The Kier molecular flexibility index (Phi) is 10.9. The number of methoxy groups -OCH3 is 2. The summed E-state index contributed by atoms with van der Waals surface area (Å²) in [5.41, 5.74) is 0.200. The van der Waals surface area contributed by atoms with Crippen molar-refractivity contribution in [2.75, 3.05) is 51.8 Å². The Morgan fingerprint density at radius 3 is 2.43 bits per heavy atom. The first-order valence-corrected chi connectivity index (χ1v) is 21.1. The third-order valence-electron chi connectivity index (χ3n) is 13.1. The molecule has 3 atom stereocenters. The molecule has 2 aliphatic carbocycles. The number of alkyl carbamates (subject to hydrolysis) is 1. The first-order valence-electron chi connectivity index (χ1n) is 19.5. The van der Waals surface area contributed by atoms with Crippen LogP contribution in [-0.4, -0.2) is 104 Å². The topological polar surface area (TPSA) is 126 Å². The number of hydrogen-bond acceptors (Lipinski definition) is 9. The number of nitrogens with zero attached hydrogens (tertiary/aromatic N) is 4. The smallest absolute Gasteiger partial charge is 0.407 e. The highest BCUT2D eigenvalue weighted by Gasteiger charge is 2.53. The zero-order valence-corrected chi connectivity index (χ0v) is 32.9. The number of rotatable bonds is 13. The fourth-order valence-corrected chi connectivity index (χ4v) is 12.3. The van der Waals surface area contributed by atoms with Crippen molar-refractivity contribution in [2.45, 2.75) is 105 Å². The summed E-state index contributed by atoms with van der Waals surface area (Å²) in [6.45, 7) is 8.31. The summed E-state index contributed by atoms with van der Waals surface area (Å²) in [5.74, 6) is 1.01. The Bertz CT molecular complexity index is 1880. The lowest BCUT2D eigenvalue weighted by Crippen LogP contribution is -2.68. The second-order valence-corrected chi connectivity index (χ2v) is 18.7. The van der Waals surface area contributed by atoms with Gasteiger partial charge in [0, 0.05) is 56.2 Å². The van der Waals surface area contributed by atoms with Crippen molar-refractivity contribution in [3.05, 3.63) is 78.1 Å². The molecule has 3 aromatic rings.